The third-order valence-electron chi connectivity index (χ3n) is 2.95. The van der Waals surface area contributed by atoms with Crippen LogP contribution in [0.2, 0.25) is 0 Å². The summed E-state index contributed by atoms with van der Waals surface area (Å²) in [7, 11) is 3.72. The molecular weight excluding hydrogens is 178 g/mol. The molecule has 0 heterocycles. The summed E-state index contributed by atoms with van der Waals surface area (Å²) in [6, 6.07) is 0.146. The average Bonchev–Trinajstić information content (AvgIpc) is 2.39. The molecule has 0 amide bonds. The van der Waals surface area contributed by atoms with E-state index in [1.165, 1.54) is 12.8 Å². The highest BCUT2D eigenvalue weighted by Crippen LogP contribution is 2.18. The van der Waals surface area contributed by atoms with Crippen LogP contribution in [0.4, 0.5) is 0 Å². The monoisotopic (exact) mass is 199 g/mol. The van der Waals surface area contributed by atoms with Crippen LogP contribution in [0.3, 0.4) is 0 Å². The Bertz CT molecular complexity index is 182. The number of hydrogen-bond donors (Lipinski definition) is 0. The van der Waals surface area contributed by atoms with Gasteiger partial charge in [0.25, 0.3) is 0 Å². The van der Waals surface area contributed by atoms with Crippen molar-refractivity contribution < 1.29 is 9.53 Å². The summed E-state index contributed by atoms with van der Waals surface area (Å²) in [6.45, 7) is 1.56. The van der Waals surface area contributed by atoms with Crippen molar-refractivity contribution in [2.75, 3.05) is 27.3 Å². The number of methoxy groups -OCH3 is 1. The molecule has 1 unspecified atom stereocenters. The van der Waals surface area contributed by atoms with Crippen LogP contribution < -0.4 is 0 Å². The van der Waals surface area contributed by atoms with Gasteiger partial charge in [-0.2, -0.15) is 0 Å². The highest BCUT2D eigenvalue weighted by atomic mass is 16.5. The Morgan fingerprint density at radius 3 is 2.93 bits per heavy atom. The van der Waals surface area contributed by atoms with Gasteiger partial charge in [-0.15, -0.1) is 0 Å². The predicted octanol–water partition coefficient (Wildman–Crippen LogP) is 1.47. The smallest absolute Gasteiger partial charge is 0.149 e. The van der Waals surface area contributed by atoms with Gasteiger partial charge in [-0.05, 0) is 19.9 Å². The van der Waals surface area contributed by atoms with Crippen molar-refractivity contribution in [2.24, 2.45) is 0 Å². The van der Waals surface area contributed by atoms with E-state index in [9.17, 15) is 4.79 Å². The maximum Gasteiger partial charge on any atom is 0.149 e. The van der Waals surface area contributed by atoms with Gasteiger partial charge in [0.2, 0.25) is 0 Å². The standard InChI is InChI=1S/C11H21NO2/c1-12(8-9-14-2)10-6-4-3-5-7-11(10)13/h10H,3-9H2,1-2H3. The van der Waals surface area contributed by atoms with Gasteiger partial charge in [0, 0.05) is 20.1 Å². The maximum absolute atomic E-state index is 11.7. The lowest BCUT2D eigenvalue weighted by molar-refractivity contribution is -0.123. The third-order valence-corrected chi connectivity index (χ3v) is 2.95. The molecule has 0 aromatic carbocycles. The number of likely N-dealkylation sites (N-methyl/N-ethyl adjacent to an activating group) is 1. The molecule has 0 radical (unpaired) electrons. The average molecular weight is 199 g/mol. The van der Waals surface area contributed by atoms with E-state index in [-0.39, 0.29) is 6.04 Å². The molecule has 0 spiro atoms. The van der Waals surface area contributed by atoms with Crippen molar-refractivity contribution in [3.05, 3.63) is 0 Å². The Hall–Kier alpha value is -0.410. The minimum Gasteiger partial charge on any atom is -0.383 e. The summed E-state index contributed by atoms with van der Waals surface area (Å²) in [4.78, 5) is 13.9. The normalized spacial score (nSPS) is 23.9. The van der Waals surface area contributed by atoms with Crippen molar-refractivity contribution in [1.82, 2.24) is 4.90 Å². The van der Waals surface area contributed by atoms with Gasteiger partial charge in [-0.3, -0.25) is 9.69 Å². The van der Waals surface area contributed by atoms with E-state index < -0.39 is 0 Å². The van der Waals surface area contributed by atoms with Crippen LogP contribution in [0.15, 0.2) is 0 Å². The second kappa shape index (κ2) is 6.14. The second-order valence-electron chi connectivity index (χ2n) is 4.05. The molecule has 14 heavy (non-hydrogen) atoms. The molecule has 3 nitrogen and oxygen atoms in total. The molecule has 1 aliphatic carbocycles. The van der Waals surface area contributed by atoms with Gasteiger partial charge in [-0.25, -0.2) is 0 Å². The fraction of sp³-hybridized carbons (Fsp3) is 0.909. The summed E-state index contributed by atoms with van der Waals surface area (Å²) in [5.41, 5.74) is 0. The Balaban J connectivity index is 2.41. The van der Waals surface area contributed by atoms with Crippen LogP contribution in [0, 0.1) is 0 Å². The molecule has 1 fully saturated rings. The van der Waals surface area contributed by atoms with Gasteiger partial charge in [0.1, 0.15) is 5.78 Å². The van der Waals surface area contributed by atoms with E-state index >= 15 is 0 Å². The fourth-order valence-corrected chi connectivity index (χ4v) is 2.00. The van der Waals surface area contributed by atoms with Crippen LogP contribution in [-0.4, -0.2) is 44.0 Å². The zero-order valence-electron chi connectivity index (χ0n) is 9.29. The van der Waals surface area contributed by atoms with Gasteiger partial charge < -0.3 is 4.74 Å². The number of Topliss-reactive ketones (excluding diaryl/α,β-unsaturated/α-hetero) is 1. The fourth-order valence-electron chi connectivity index (χ4n) is 2.00. The Morgan fingerprint density at radius 2 is 2.21 bits per heavy atom. The van der Waals surface area contributed by atoms with E-state index in [0.717, 1.165) is 25.8 Å². The number of ether oxygens (including phenoxy) is 1. The largest absolute Gasteiger partial charge is 0.383 e. The number of rotatable bonds is 4. The summed E-state index contributed by atoms with van der Waals surface area (Å²) in [5, 5.41) is 0. The number of nitrogens with zero attached hydrogens (tertiary/aromatic N) is 1. The van der Waals surface area contributed by atoms with Crippen molar-refractivity contribution in [3.63, 3.8) is 0 Å². The molecule has 0 saturated heterocycles. The van der Waals surface area contributed by atoms with Crippen molar-refractivity contribution in [1.29, 1.82) is 0 Å². The zero-order valence-corrected chi connectivity index (χ0v) is 9.29. The lowest BCUT2D eigenvalue weighted by Crippen LogP contribution is -2.39. The molecule has 1 atom stereocenters. The molecule has 0 aromatic rings. The number of carbonyl (C=O) groups excluding carboxylic acids is 1. The second-order valence-corrected chi connectivity index (χ2v) is 4.05. The SMILES string of the molecule is COCCN(C)C1CCCCCC1=O. The van der Waals surface area contributed by atoms with E-state index in [4.69, 9.17) is 4.74 Å². The molecule has 0 aromatic heterocycles. The summed E-state index contributed by atoms with van der Waals surface area (Å²) in [5.74, 6) is 0.418. The highest BCUT2D eigenvalue weighted by molar-refractivity contribution is 5.84. The molecule has 3 heteroatoms. The molecule has 82 valence electrons. The third kappa shape index (κ3) is 3.39. The molecule has 0 aliphatic heterocycles. The zero-order chi connectivity index (χ0) is 10.4. The van der Waals surface area contributed by atoms with E-state index in [2.05, 4.69) is 4.90 Å². The van der Waals surface area contributed by atoms with Crippen LogP contribution in [0.25, 0.3) is 0 Å². The van der Waals surface area contributed by atoms with E-state index in [0.29, 0.717) is 12.4 Å². The Kier molecular flexibility index (Phi) is 5.12. The minimum atomic E-state index is 0.146. The number of carbonyl (C=O) groups is 1. The summed E-state index contributed by atoms with van der Waals surface area (Å²) in [6.07, 6.45) is 5.27. The highest BCUT2D eigenvalue weighted by Gasteiger charge is 2.23. The summed E-state index contributed by atoms with van der Waals surface area (Å²) < 4.78 is 5.02. The van der Waals surface area contributed by atoms with Gasteiger partial charge in [0.05, 0.1) is 12.6 Å². The Labute approximate surface area is 86.4 Å². The first-order valence-corrected chi connectivity index (χ1v) is 5.47. The maximum atomic E-state index is 11.7. The molecule has 1 aliphatic rings. The van der Waals surface area contributed by atoms with Gasteiger partial charge in [-0.1, -0.05) is 12.8 Å². The topological polar surface area (TPSA) is 29.5 Å². The van der Waals surface area contributed by atoms with Crippen LogP contribution in [-0.2, 0) is 9.53 Å². The van der Waals surface area contributed by atoms with Gasteiger partial charge >= 0.3 is 0 Å². The quantitative estimate of drug-likeness (QED) is 0.642. The van der Waals surface area contributed by atoms with Crippen molar-refractivity contribution in [3.8, 4) is 0 Å². The first-order valence-electron chi connectivity index (χ1n) is 5.47. The van der Waals surface area contributed by atoms with Crippen molar-refractivity contribution in [2.45, 2.75) is 38.1 Å². The first-order chi connectivity index (χ1) is 6.75. The van der Waals surface area contributed by atoms with E-state index in [1.807, 2.05) is 7.05 Å². The molecule has 1 rings (SSSR count). The molecule has 1 saturated carbocycles. The van der Waals surface area contributed by atoms with Crippen molar-refractivity contribution >= 4 is 5.78 Å². The number of hydrogen-bond acceptors (Lipinski definition) is 3. The number of ketones is 1. The molecule has 0 bridgehead atoms. The lowest BCUT2D eigenvalue weighted by Gasteiger charge is -2.25. The minimum absolute atomic E-state index is 0.146. The van der Waals surface area contributed by atoms with E-state index in [1.54, 1.807) is 7.11 Å². The summed E-state index contributed by atoms with van der Waals surface area (Å²) >= 11 is 0. The Morgan fingerprint density at radius 1 is 1.43 bits per heavy atom. The van der Waals surface area contributed by atoms with Crippen LogP contribution in [0.5, 0.6) is 0 Å². The predicted molar refractivity (Wildman–Crippen MR) is 56.4 cm³/mol. The van der Waals surface area contributed by atoms with Crippen LogP contribution >= 0.6 is 0 Å². The molecular formula is C11H21NO2. The lowest BCUT2D eigenvalue weighted by atomic mass is 10.1. The first kappa shape index (κ1) is 11.7. The van der Waals surface area contributed by atoms with Gasteiger partial charge in [0.15, 0.2) is 0 Å². The molecule has 0 N–H and O–H groups in total. The van der Waals surface area contributed by atoms with Crippen LogP contribution in [0.1, 0.15) is 32.1 Å².